The first kappa shape index (κ1) is 13.4. The van der Waals surface area contributed by atoms with Crippen molar-refractivity contribution in [2.75, 3.05) is 18.1 Å². The van der Waals surface area contributed by atoms with E-state index >= 15 is 0 Å². The highest BCUT2D eigenvalue weighted by molar-refractivity contribution is 6.03. The number of piperidine rings is 1. The zero-order valence-corrected chi connectivity index (χ0v) is 11.7. The van der Waals surface area contributed by atoms with Crippen LogP contribution in [0.15, 0.2) is 30.5 Å². The molecule has 0 radical (unpaired) electrons. The number of imide groups is 1. The molecule has 1 aliphatic rings. The van der Waals surface area contributed by atoms with E-state index in [1.807, 2.05) is 18.2 Å². The molecule has 3 N–H and O–H groups in total. The van der Waals surface area contributed by atoms with Crippen molar-refractivity contribution in [1.29, 1.82) is 0 Å². The van der Waals surface area contributed by atoms with Gasteiger partial charge in [0.2, 0.25) is 5.91 Å². The van der Waals surface area contributed by atoms with Gasteiger partial charge in [0.15, 0.2) is 0 Å². The Kier molecular flexibility index (Phi) is 3.21. The van der Waals surface area contributed by atoms with Crippen LogP contribution in [-0.2, 0) is 9.59 Å². The molecule has 0 aliphatic carbocycles. The quantitative estimate of drug-likeness (QED) is 0.642. The number of nitrogens with one attached hydrogen (secondary N) is 1. The van der Waals surface area contributed by atoms with Crippen molar-refractivity contribution in [3.05, 3.63) is 30.5 Å². The number of anilines is 2. The summed E-state index contributed by atoms with van der Waals surface area (Å²) in [4.78, 5) is 29.1. The van der Waals surface area contributed by atoms with Crippen LogP contribution in [0.2, 0.25) is 0 Å². The number of aromatic nitrogens is 1. The fourth-order valence-electron chi connectivity index (χ4n) is 2.56. The van der Waals surface area contributed by atoms with E-state index in [9.17, 15) is 9.59 Å². The maximum absolute atomic E-state index is 12.1. The number of nitrogen functional groups attached to an aromatic ring is 1. The van der Waals surface area contributed by atoms with Crippen LogP contribution in [-0.4, -0.2) is 34.8 Å². The molecule has 1 atom stereocenters. The fourth-order valence-corrected chi connectivity index (χ4v) is 2.56. The number of likely N-dealkylation sites (tertiary alicyclic amines) is 1. The summed E-state index contributed by atoms with van der Waals surface area (Å²) in [6.07, 6.45) is 2.54. The van der Waals surface area contributed by atoms with Crippen molar-refractivity contribution < 1.29 is 9.59 Å². The molecule has 2 amide bonds. The number of hydrogen-bond acceptors (Lipinski definition) is 5. The molecule has 108 valence electrons. The monoisotopic (exact) mass is 284 g/mol. The lowest BCUT2D eigenvalue weighted by Crippen LogP contribution is -2.48. The van der Waals surface area contributed by atoms with Gasteiger partial charge in [0.25, 0.3) is 5.91 Å². The van der Waals surface area contributed by atoms with Gasteiger partial charge in [-0.25, -0.2) is 0 Å². The SMILES string of the molecule is CN1C(=O)CCC(Nc2ccc(N)c3ncccc23)C1=O. The number of amides is 2. The Hall–Kier alpha value is -2.63. The van der Waals surface area contributed by atoms with E-state index in [1.54, 1.807) is 12.3 Å². The Labute approximate surface area is 121 Å². The molecule has 1 aromatic carbocycles. The van der Waals surface area contributed by atoms with E-state index in [1.165, 1.54) is 11.9 Å². The summed E-state index contributed by atoms with van der Waals surface area (Å²) in [5.74, 6) is -0.345. The summed E-state index contributed by atoms with van der Waals surface area (Å²) in [5, 5.41) is 4.08. The standard InChI is InChI=1S/C15H16N4O2/c1-19-13(20)7-6-12(15(19)21)18-11-5-4-10(16)14-9(11)3-2-8-17-14/h2-5,8,12,18H,6-7,16H2,1H3. The van der Waals surface area contributed by atoms with Crippen LogP contribution in [0.3, 0.4) is 0 Å². The van der Waals surface area contributed by atoms with Crippen molar-refractivity contribution in [3.63, 3.8) is 0 Å². The number of benzene rings is 1. The number of nitrogens with zero attached hydrogens (tertiary/aromatic N) is 2. The van der Waals surface area contributed by atoms with Crippen LogP contribution in [0, 0.1) is 0 Å². The van der Waals surface area contributed by atoms with Crippen molar-refractivity contribution >= 4 is 34.1 Å². The second-order valence-electron chi connectivity index (χ2n) is 5.13. The minimum atomic E-state index is -0.403. The first-order chi connectivity index (χ1) is 10.1. The van der Waals surface area contributed by atoms with Crippen LogP contribution in [0.25, 0.3) is 10.9 Å². The summed E-state index contributed by atoms with van der Waals surface area (Å²) in [6.45, 7) is 0. The molecule has 21 heavy (non-hydrogen) atoms. The molecular weight excluding hydrogens is 268 g/mol. The van der Waals surface area contributed by atoms with E-state index in [0.29, 0.717) is 24.0 Å². The van der Waals surface area contributed by atoms with Gasteiger partial charge in [-0.2, -0.15) is 0 Å². The van der Waals surface area contributed by atoms with Gasteiger partial charge in [0.05, 0.1) is 11.2 Å². The van der Waals surface area contributed by atoms with E-state index in [-0.39, 0.29) is 11.8 Å². The molecule has 2 aromatic rings. The van der Waals surface area contributed by atoms with Crippen molar-refractivity contribution in [2.45, 2.75) is 18.9 Å². The Morgan fingerprint density at radius 3 is 2.95 bits per heavy atom. The van der Waals surface area contributed by atoms with Gasteiger partial charge < -0.3 is 11.1 Å². The third kappa shape index (κ3) is 2.29. The summed E-state index contributed by atoms with van der Waals surface area (Å²) >= 11 is 0. The molecule has 2 heterocycles. The number of hydrogen-bond donors (Lipinski definition) is 2. The Morgan fingerprint density at radius 2 is 2.14 bits per heavy atom. The topological polar surface area (TPSA) is 88.3 Å². The fraction of sp³-hybridized carbons (Fsp3) is 0.267. The highest BCUT2D eigenvalue weighted by Gasteiger charge is 2.31. The number of pyridine rings is 1. The smallest absolute Gasteiger partial charge is 0.251 e. The predicted molar refractivity (Wildman–Crippen MR) is 80.6 cm³/mol. The lowest BCUT2D eigenvalue weighted by atomic mass is 10.0. The molecule has 6 heteroatoms. The average molecular weight is 284 g/mol. The number of nitrogens with two attached hydrogens (primary N) is 1. The Bertz CT molecular complexity index is 729. The summed E-state index contributed by atoms with van der Waals surface area (Å²) in [6, 6.07) is 6.93. The third-order valence-electron chi connectivity index (χ3n) is 3.78. The molecule has 1 aromatic heterocycles. The predicted octanol–water partition coefficient (Wildman–Crippen LogP) is 1.38. The zero-order chi connectivity index (χ0) is 15.0. The van der Waals surface area contributed by atoms with Gasteiger partial charge in [-0.05, 0) is 30.7 Å². The molecule has 0 bridgehead atoms. The van der Waals surface area contributed by atoms with Crippen LogP contribution in [0.4, 0.5) is 11.4 Å². The van der Waals surface area contributed by atoms with Crippen LogP contribution >= 0.6 is 0 Å². The van der Waals surface area contributed by atoms with Gasteiger partial charge >= 0.3 is 0 Å². The normalized spacial score (nSPS) is 19.1. The van der Waals surface area contributed by atoms with Gasteiger partial charge in [-0.3, -0.25) is 19.5 Å². The van der Waals surface area contributed by atoms with E-state index in [2.05, 4.69) is 10.3 Å². The van der Waals surface area contributed by atoms with Gasteiger partial charge in [-0.15, -0.1) is 0 Å². The number of carbonyl (C=O) groups excluding carboxylic acids is 2. The maximum Gasteiger partial charge on any atom is 0.251 e. The van der Waals surface area contributed by atoms with Crippen LogP contribution in [0.1, 0.15) is 12.8 Å². The first-order valence-electron chi connectivity index (χ1n) is 6.78. The van der Waals surface area contributed by atoms with Crippen molar-refractivity contribution in [2.24, 2.45) is 0 Å². The lowest BCUT2D eigenvalue weighted by Gasteiger charge is -2.29. The van der Waals surface area contributed by atoms with Crippen LogP contribution < -0.4 is 11.1 Å². The molecule has 0 saturated carbocycles. The summed E-state index contributed by atoms with van der Waals surface area (Å²) < 4.78 is 0. The van der Waals surface area contributed by atoms with Gasteiger partial charge in [0, 0.05) is 30.7 Å². The van der Waals surface area contributed by atoms with Gasteiger partial charge in [0.1, 0.15) is 6.04 Å². The highest BCUT2D eigenvalue weighted by Crippen LogP contribution is 2.28. The highest BCUT2D eigenvalue weighted by atomic mass is 16.2. The molecule has 1 aliphatic heterocycles. The molecule has 0 spiro atoms. The Morgan fingerprint density at radius 1 is 1.33 bits per heavy atom. The molecule has 3 rings (SSSR count). The second kappa shape index (κ2) is 5.05. The summed E-state index contributed by atoms with van der Waals surface area (Å²) in [7, 11) is 1.52. The zero-order valence-electron chi connectivity index (χ0n) is 11.7. The number of likely N-dealkylation sites (N-methyl/N-ethyl adjacent to an activating group) is 1. The molecule has 1 saturated heterocycles. The van der Waals surface area contributed by atoms with E-state index in [4.69, 9.17) is 5.73 Å². The third-order valence-corrected chi connectivity index (χ3v) is 3.78. The number of carbonyl (C=O) groups is 2. The Balaban J connectivity index is 1.94. The van der Waals surface area contributed by atoms with Crippen molar-refractivity contribution in [3.8, 4) is 0 Å². The molecule has 1 unspecified atom stereocenters. The van der Waals surface area contributed by atoms with Gasteiger partial charge in [-0.1, -0.05) is 0 Å². The number of rotatable bonds is 2. The maximum atomic E-state index is 12.1. The summed E-state index contributed by atoms with van der Waals surface area (Å²) in [5.41, 5.74) is 8.01. The van der Waals surface area contributed by atoms with Crippen molar-refractivity contribution in [1.82, 2.24) is 9.88 Å². The van der Waals surface area contributed by atoms with E-state index < -0.39 is 6.04 Å². The molecular formula is C15H16N4O2. The minimum absolute atomic E-state index is 0.137. The molecule has 6 nitrogen and oxygen atoms in total. The van der Waals surface area contributed by atoms with Crippen LogP contribution in [0.5, 0.6) is 0 Å². The first-order valence-corrected chi connectivity index (χ1v) is 6.78. The average Bonchev–Trinajstić information content (AvgIpc) is 2.50. The number of fused-ring (bicyclic) bond motifs is 1. The van der Waals surface area contributed by atoms with E-state index in [0.717, 1.165) is 11.1 Å². The molecule has 1 fully saturated rings. The second-order valence-corrected chi connectivity index (χ2v) is 5.13. The lowest BCUT2D eigenvalue weighted by molar-refractivity contribution is -0.146. The largest absolute Gasteiger partial charge is 0.397 e. The minimum Gasteiger partial charge on any atom is -0.397 e.